The third-order valence-electron chi connectivity index (χ3n) is 7.50. The van der Waals surface area contributed by atoms with Crippen molar-refractivity contribution in [3.8, 4) is 5.75 Å². The van der Waals surface area contributed by atoms with Crippen molar-refractivity contribution >= 4 is 55.1 Å². The highest BCUT2D eigenvalue weighted by molar-refractivity contribution is 9.10. The first-order chi connectivity index (χ1) is 20.6. The largest absolute Gasteiger partial charge is 0.492 e. The van der Waals surface area contributed by atoms with E-state index in [1.807, 2.05) is 24.3 Å². The van der Waals surface area contributed by atoms with Crippen molar-refractivity contribution in [3.05, 3.63) is 87.9 Å². The van der Waals surface area contributed by atoms with E-state index < -0.39 is 28.5 Å². The van der Waals surface area contributed by atoms with Crippen LogP contribution in [0.1, 0.15) is 51.5 Å². The minimum atomic E-state index is -4.25. The minimum absolute atomic E-state index is 0.0291. The Hall–Kier alpha value is -3.08. The number of carbonyl (C=O) groups excluding carboxylic acids is 2. The second kappa shape index (κ2) is 15.1. The van der Waals surface area contributed by atoms with E-state index >= 15 is 0 Å². The maximum atomic E-state index is 14.2. The molecule has 2 amide bonds. The van der Waals surface area contributed by atoms with Crippen LogP contribution in [0.25, 0.3) is 0 Å². The first-order valence-corrected chi connectivity index (χ1v) is 17.1. The second-order valence-corrected chi connectivity index (χ2v) is 13.7. The zero-order valence-corrected chi connectivity index (χ0v) is 27.5. The van der Waals surface area contributed by atoms with Gasteiger partial charge in [-0.25, -0.2) is 8.42 Å². The molecule has 0 bridgehead atoms. The van der Waals surface area contributed by atoms with Crippen LogP contribution in [0.3, 0.4) is 0 Å². The Balaban J connectivity index is 1.71. The van der Waals surface area contributed by atoms with E-state index in [0.717, 1.165) is 46.4 Å². The number of amides is 2. The third kappa shape index (κ3) is 8.52. The van der Waals surface area contributed by atoms with E-state index in [4.69, 9.17) is 16.3 Å². The molecule has 1 N–H and O–H groups in total. The Morgan fingerprint density at radius 3 is 2.30 bits per heavy atom. The summed E-state index contributed by atoms with van der Waals surface area (Å²) < 4.78 is 35.9. The summed E-state index contributed by atoms with van der Waals surface area (Å²) in [7, 11) is -4.25. The molecule has 0 radical (unpaired) electrons. The molecular weight excluding hydrogens is 654 g/mol. The number of hydrogen-bond donors (Lipinski definition) is 1. The molecule has 3 aromatic carbocycles. The lowest BCUT2D eigenvalue weighted by atomic mass is 9.95. The van der Waals surface area contributed by atoms with Gasteiger partial charge in [0.1, 0.15) is 18.3 Å². The maximum Gasteiger partial charge on any atom is 0.264 e. The number of rotatable bonds is 12. The van der Waals surface area contributed by atoms with Crippen molar-refractivity contribution < 1.29 is 22.7 Å². The molecular formula is C32H37BrClN3O5S. The minimum Gasteiger partial charge on any atom is -0.492 e. The number of halogens is 2. The standard InChI is InChI=1S/C32H37BrClN3O5S/c1-3-42-30-12-8-7-11-29(30)37(43(40,41)28-19-17-26(34)18-20-28)22-31(38)36(21-24-13-15-25(33)16-14-24)23(2)32(39)35-27-9-5-4-6-10-27/h7-8,11-20,23,27H,3-6,9-10,21-22H2,1-2H3,(H,35,39)/t23-/m1/s1. The molecule has 1 saturated carbocycles. The summed E-state index contributed by atoms with van der Waals surface area (Å²) in [6.07, 6.45) is 5.06. The molecule has 0 heterocycles. The zero-order chi connectivity index (χ0) is 31.0. The molecule has 1 aliphatic carbocycles. The van der Waals surface area contributed by atoms with Crippen LogP contribution in [0, 0.1) is 0 Å². The Labute approximate surface area is 267 Å². The zero-order valence-electron chi connectivity index (χ0n) is 24.3. The lowest BCUT2D eigenvalue weighted by molar-refractivity contribution is -0.139. The van der Waals surface area contributed by atoms with Crippen LogP contribution in [0.15, 0.2) is 82.2 Å². The SMILES string of the molecule is CCOc1ccccc1N(CC(=O)N(Cc1ccc(Br)cc1)[C@H](C)C(=O)NC1CCCCC1)S(=O)(=O)c1ccc(Cl)cc1. The normalized spacial score (nSPS) is 14.5. The molecule has 1 fully saturated rings. The fourth-order valence-electron chi connectivity index (χ4n) is 5.13. The van der Waals surface area contributed by atoms with Gasteiger partial charge in [-0.05, 0) is 80.8 Å². The predicted molar refractivity (Wildman–Crippen MR) is 173 cm³/mol. The van der Waals surface area contributed by atoms with E-state index in [2.05, 4.69) is 21.2 Å². The summed E-state index contributed by atoms with van der Waals surface area (Å²) in [5.74, 6) is -0.477. The van der Waals surface area contributed by atoms with Crippen LogP contribution in [0.2, 0.25) is 5.02 Å². The molecule has 1 aliphatic rings. The monoisotopic (exact) mass is 689 g/mol. The van der Waals surface area contributed by atoms with Crippen molar-refractivity contribution in [1.82, 2.24) is 10.2 Å². The molecule has 0 aromatic heterocycles. The lowest BCUT2D eigenvalue weighted by Gasteiger charge is -2.33. The van der Waals surface area contributed by atoms with E-state index in [-0.39, 0.29) is 29.1 Å². The maximum absolute atomic E-state index is 14.2. The second-order valence-electron chi connectivity index (χ2n) is 10.5. The van der Waals surface area contributed by atoms with Crippen LogP contribution >= 0.6 is 27.5 Å². The van der Waals surface area contributed by atoms with E-state index in [0.29, 0.717) is 17.4 Å². The first-order valence-electron chi connectivity index (χ1n) is 14.4. The van der Waals surface area contributed by atoms with Gasteiger partial charge in [-0.3, -0.25) is 13.9 Å². The van der Waals surface area contributed by atoms with Gasteiger partial charge in [0.25, 0.3) is 10.0 Å². The Morgan fingerprint density at radius 1 is 1.00 bits per heavy atom. The number of hydrogen-bond acceptors (Lipinski definition) is 5. The number of anilines is 1. The Morgan fingerprint density at radius 2 is 1.65 bits per heavy atom. The average molecular weight is 691 g/mol. The number of benzene rings is 3. The topological polar surface area (TPSA) is 96.0 Å². The van der Waals surface area contributed by atoms with Gasteiger partial charge in [0.2, 0.25) is 11.8 Å². The summed E-state index contributed by atoms with van der Waals surface area (Å²) >= 11 is 9.48. The van der Waals surface area contributed by atoms with Crippen LogP contribution in [0.4, 0.5) is 5.69 Å². The number of ether oxygens (including phenoxy) is 1. The molecule has 0 aliphatic heterocycles. The Kier molecular flexibility index (Phi) is 11.5. The van der Waals surface area contributed by atoms with Gasteiger partial charge < -0.3 is 15.0 Å². The number of para-hydroxylation sites is 2. The van der Waals surface area contributed by atoms with E-state index in [1.165, 1.54) is 29.2 Å². The highest BCUT2D eigenvalue weighted by Crippen LogP contribution is 2.33. The first kappa shape index (κ1) is 32.8. The number of sulfonamides is 1. The molecule has 43 heavy (non-hydrogen) atoms. The van der Waals surface area contributed by atoms with Crippen LogP contribution in [-0.2, 0) is 26.2 Å². The molecule has 230 valence electrons. The highest BCUT2D eigenvalue weighted by Gasteiger charge is 2.34. The number of carbonyl (C=O) groups is 2. The van der Waals surface area contributed by atoms with Gasteiger partial charge in [-0.1, -0.05) is 71.1 Å². The van der Waals surface area contributed by atoms with Crippen molar-refractivity contribution in [1.29, 1.82) is 0 Å². The molecule has 0 spiro atoms. The third-order valence-corrected chi connectivity index (χ3v) is 10.1. The summed E-state index contributed by atoms with van der Waals surface area (Å²) in [5.41, 5.74) is 1.02. The van der Waals surface area contributed by atoms with Crippen molar-refractivity contribution in [3.63, 3.8) is 0 Å². The lowest BCUT2D eigenvalue weighted by Crippen LogP contribution is -2.53. The molecule has 0 saturated heterocycles. The van der Waals surface area contributed by atoms with Gasteiger partial charge >= 0.3 is 0 Å². The Bertz CT molecular complexity index is 1500. The predicted octanol–water partition coefficient (Wildman–Crippen LogP) is 6.56. The fourth-order valence-corrected chi connectivity index (χ4v) is 6.94. The van der Waals surface area contributed by atoms with Gasteiger partial charge in [0.15, 0.2) is 0 Å². The average Bonchev–Trinajstić information content (AvgIpc) is 3.00. The van der Waals surface area contributed by atoms with Gasteiger partial charge in [-0.15, -0.1) is 0 Å². The summed E-state index contributed by atoms with van der Waals surface area (Å²) in [6, 6.07) is 19.1. The van der Waals surface area contributed by atoms with Crippen LogP contribution in [0.5, 0.6) is 5.75 Å². The van der Waals surface area contributed by atoms with E-state index in [9.17, 15) is 18.0 Å². The molecule has 11 heteroatoms. The van der Waals surface area contributed by atoms with Gasteiger partial charge in [0.05, 0.1) is 17.2 Å². The van der Waals surface area contributed by atoms with Crippen LogP contribution in [-0.4, -0.2) is 50.4 Å². The molecule has 1 atom stereocenters. The van der Waals surface area contributed by atoms with Gasteiger partial charge in [0, 0.05) is 22.1 Å². The van der Waals surface area contributed by atoms with E-state index in [1.54, 1.807) is 38.1 Å². The quantitative estimate of drug-likeness (QED) is 0.232. The number of nitrogens with zero attached hydrogens (tertiary/aromatic N) is 2. The number of nitrogens with one attached hydrogen (secondary N) is 1. The summed E-state index contributed by atoms with van der Waals surface area (Å²) in [6.45, 7) is 3.35. The molecule has 4 rings (SSSR count). The summed E-state index contributed by atoms with van der Waals surface area (Å²) in [5, 5.41) is 3.50. The molecule has 3 aromatic rings. The molecule has 0 unspecified atom stereocenters. The summed E-state index contributed by atoms with van der Waals surface area (Å²) in [4.78, 5) is 29.1. The van der Waals surface area contributed by atoms with Crippen molar-refractivity contribution in [2.24, 2.45) is 0 Å². The van der Waals surface area contributed by atoms with Crippen LogP contribution < -0.4 is 14.4 Å². The van der Waals surface area contributed by atoms with Gasteiger partial charge in [-0.2, -0.15) is 0 Å². The highest BCUT2D eigenvalue weighted by atomic mass is 79.9. The van der Waals surface area contributed by atoms with Crippen molar-refractivity contribution in [2.75, 3.05) is 17.5 Å². The smallest absolute Gasteiger partial charge is 0.264 e. The van der Waals surface area contributed by atoms with Crippen molar-refractivity contribution in [2.45, 2.75) is 69.5 Å². The fraction of sp³-hybridized carbons (Fsp3) is 0.375. The molecule has 8 nitrogen and oxygen atoms in total.